The first-order chi connectivity index (χ1) is 18.8. The summed E-state index contributed by atoms with van der Waals surface area (Å²) in [5.74, 6) is 0.421. The van der Waals surface area contributed by atoms with Crippen LogP contribution in [0.1, 0.15) is 42.5 Å². The van der Waals surface area contributed by atoms with E-state index in [4.69, 9.17) is 14.7 Å². The molecule has 0 radical (unpaired) electrons. The third-order valence-electron chi connectivity index (χ3n) is 7.35. The van der Waals surface area contributed by atoms with Crippen LogP contribution in [0.3, 0.4) is 0 Å². The van der Waals surface area contributed by atoms with Gasteiger partial charge >= 0.3 is 12.1 Å². The summed E-state index contributed by atoms with van der Waals surface area (Å²) in [7, 11) is 2.14. The third-order valence-corrected chi connectivity index (χ3v) is 7.35. The van der Waals surface area contributed by atoms with Crippen molar-refractivity contribution < 1.29 is 14.6 Å². The number of carboxylic acid groups (broad SMARTS) is 1. The fourth-order valence-corrected chi connectivity index (χ4v) is 5.36. The molecule has 9 heteroatoms. The van der Waals surface area contributed by atoms with Gasteiger partial charge in [-0.3, -0.25) is 4.40 Å². The molecule has 0 aliphatic carbocycles. The second-order valence-electron chi connectivity index (χ2n) is 10.3. The molecule has 1 aliphatic rings. The van der Waals surface area contributed by atoms with Gasteiger partial charge in [-0.25, -0.2) is 9.78 Å². The van der Waals surface area contributed by atoms with E-state index in [1.807, 2.05) is 54.8 Å². The fourth-order valence-electron chi connectivity index (χ4n) is 5.36. The molecule has 5 rings (SSSR count). The van der Waals surface area contributed by atoms with Crippen molar-refractivity contribution in [1.82, 2.24) is 24.6 Å². The Morgan fingerprint density at radius 3 is 2.74 bits per heavy atom. The Kier molecular flexibility index (Phi) is 7.48. The van der Waals surface area contributed by atoms with Crippen molar-refractivity contribution in [3.63, 3.8) is 0 Å². The Balaban J connectivity index is 1.64. The maximum absolute atomic E-state index is 11.3. The molecular weight excluding hydrogens is 492 g/mol. The highest BCUT2D eigenvalue weighted by molar-refractivity contribution is 5.90. The molecule has 1 unspecified atom stereocenters. The number of piperidine rings is 1. The van der Waals surface area contributed by atoms with Gasteiger partial charge in [0.05, 0.1) is 35.5 Å². The second-order valence-corrected chi connectivity index (χ2v) is 10.3. The zero-order valence-electron chi connectivity index (χ0n) is 22.4. The molecule has 1 aliphatic heterocycles. The molecule has 1 amide bonds. The van der Waals surface area contributed by atoms with Crippen molar-refractivity contribution in [2.45, 2.75) is 32.7 Å². The van der Waals surface area contributed by atoms with E-state index >= 15 is 0 Å². The van der Waals surface area contributed by atoms with Crippen molar-refractivity contribution in [1.29, 1.82) is 5.26 Å². The van der Waals surface area contributed by atoms with Gasteiger partial charge in [0.25, 0.3) is 0 Å². The van der Waals surface area contributed by atoms with Crippen molar-refractivity contribution in [3.05, 3.63) is 71.5 Å². The number of aryl methyl sites for hydroxylation is 1. The average molecular weight is 525 g/mol. The van der Waals surface area contributed by atoms with E-state index in [-0.39, 0.29) is 0 Å². The summed E-state index contributed by atoms with van der Waals surface area (Å²) in [6.45, 7) is 6.44. The lowest BCUT2D eigenvalue weighted by molar-refractivity contribution is 0.143. The summed E-state index contributed by atoms with van der Waals surface area (Å²) < 4.78 is 8.21. The molecule has 0 spiro atoms. The van der Waals surface area contributed by atoms with Gasteiger partial charge in [-0.1, -0.05) is 24.3 Å². The van der Waals surface area contributed by atoms with Crippen LogP contribution in [0.2, 0.25) is 0 Å². The summed E-state index contributed by atoms with van der Waals surface area (Å²) in [4.78, 5) is 23.4. The van der Waals surface area contributed by atoms with E-state index in [1.54, 1.807) is 18.3 Å². The van der Waals surface area contributed by atoms with E-state index in [9.17, 15) is 15.2 Å². The standard InChI is InChI=1S/C30H32N6O3/c1-19-6-9-24(15-25(19)20(2)33-30(37)38)26-27(23-10-7-21(16-31)8-11-23)34-29(36-14-12-32-28(26)36)39-18-22-5-4-13-35(3)17-22/h6-12,14-15,20,22,33H,4-5,13,17-18H2,1-3H3,(H,37,38)/t20?,22-/m1/s1. The van der Waals surface area contributed by atoms with Gasteiger partial charge < -0.3 is 20.1 Å². The number of nitriles is 1. The summed E-state index contributed by atoms with van der Waals surface area (Å²) in [5.41, 5.74) is 6.27. The predicted molar refractivity (Wildman–Crippen MR) is 149 cm³/mol. The highest BCUT2D eigenvalue weighted by Crippen LogP contribution is 2.37. The molecule has 3 heterocycles. The van der Waals surface area contributed by atoms with Crippen LogP contribution in [0.5, 0.6) is 6.01 Å². The third kappa shape index (κ3) is 5.56. The van der Waals surface area contributed by atoms with Crippen molar-refractivity contribution in [3.8, 4) is 34.5 Å². The SMILES string of the molecule is Cc1ccc(-c2c(-c3ccc(C#N)cc3)nc(OC[C@@H]3CCCN(C)C3)n3ccnc23)cc1C(C)NC(=O)O. The zero-order valence-corrected chi connectivity index (χ0v) is 22.4. The normalized spacial score (nSPS) is 16.5. The molecule has 4 aromatic rings. The van der Waals surface area contributed by atoms with Gasteiger partial charge in [-0.15, -0.1) is 0 Å². The first-order valence-electron chi connectivity index (χ1n) is 13.1. The Morgan fingerprint density at radius 2 is 2.03 bits per heavy atom. The number of aromatic nitrogens is 3. The number of fused-ring (bicyclic) bond motifs is 1. The number of likely N-dealkylation sites (tertiary alicyclic amines) is 1. The molecule has 200 valence electrons. The molecule has 0 saturated carbocycles. The maximum atomic E-state index is 11.3. The molecule has 2 atom stereocenters. The molecule has 9 nitrogen and oxygen atoms in total. The largest absolute Gasteiger partial charge is 0.465 e. The Bertz CT molecular complexity index is 1540. The molecule has 39 heavy (non-hydrogen) atoms. The molecule has 2 aromatic carbocycles. The van der Waals surface area contributed by atoms with Gasteiger partial charge in [-0.2, -0.15) is 10.2 Å². The number of hydrogen-bond acceptors (Lipinski definition) is 6. The van der Waals surface area contributed by atoms with Crippen LogP contribution >= 0.6 is 0 Å². The minimum atomic E-state index is -1.08. The summed E-state index contributed by atoms with van der Waals surface area (Å²) in [6.07, 6.45) is 4.77. The number of nitrogens with one attached hydrogen (secondary N) is 1. The van der Waals surface area contributed by atoms with Crippen molar-refractivity contribution >= 4 is 11.7 Å². The Hall–Kier alpha value is -4.42. The van der Waals surface area contributed by atoms with E-state index in [1.165, 1.54) is 0 Å². The monoisotopic (exact) mass is 524 g/mol. The summed E-state index contributed by atoms with van der Waals surface area (Å²) >= 11 is 0. The number of benzene rings is 2. The molecule has 0 bridgehead atoms. The van der Waals surface area contributed by atoms with Crippen LogP contribution in [-0.4, -0.2) is 57.2 Å². The lowest BCUT2D eigenvalue weighted by atomic mass is 9.94. The van der Waals surface area contributed by atoms with Crippen LogP contribution in [0, 0.1) is 24.2 Å². The van der Waals surface area contributed by atoms with E-state index in [0.717, 1.165) is 53.7 Å². The Morgan fingerprint density at radius 1 is 1.26 bits per heavy atom. The first kappa shape index (κ1) is 26.2. The maximum Gasteiger partial charge on any atom is 0.405 e. The van der Waals surface area contributed by atoms with Crippen molar-refractivity contribution in [2.24, 2.45) is 5.92 Å². The van der Waals surface area contributed by atoms with E-state index in [2.05, 4.69) is 23.3 Å². The topological polar surface area (TPSA) is 116 Å². The van der Waals surface area contributed by atoms with E-state index < -0.39 is 12.1 Å². The predicted octanol–water partition coefficient (Wildman–Crippen LogP) is 5.29. The number of rotatable bonds is 7. The van der Waals surface area contributed by atoms with Crippen LogP contribution in [-0.2, 0) is 0 Å². The van der Waals surface area contributed by atoms with Gasteiger partial charge in [0.1, 0.15) is 0 Å². The minimum absolute atomic E-state index is 0.402. The van der Waals surface area contributed by atoms with Gasteiger partial charge in [0.15, 0.2) is 5.65 Å². The van der Waals surface area contributed by atoms with E-state index in [0.29, 0.717) is 35.4 Å². The number of amides is 1. The van der Waals surface area contributed by atoms with Crippen LogP contribution in [0.25, 0.3) is 28.0 Å². The summed E-state index contributed by atoms with van der Waals surface area (Å²) in [6, 6.07) is 15.5. The number of imidazole rings is 1. The lowest BCUT2D eigenvalue weighted by Crippen LogP contribution is -2.35. The zero-order chi connectivity index (χ0) is 27.5. The molecule has 1 saturated heterocycles. The Labute approximate surface area is 227 Å². The number of ether oxygens (including phenoxy) is 1. The van der Waals surface area contributed by atoms with Gasteiger partial charge in [-0.05, 0) is 75.2 Å². The van der Waals surface area contributed by atoms with Crippen LogP contribution in [0.4, 0.5) is 4.79 Å². The molecule has 1 fully saturated rings. The highest BCUT2D eigenvalue weighted by atomic mass is 16.5. The highest BCUT2D eigenvalue weighted by Gasteiger charge is 2.23. The van der Waals surface area contributed by atoms with Crippen LogP contribution in [0.15, 0.2) is 54.9 Å². The molecule has 2 N–H and O–H groups in total. The smallest absolute Gasteiger partial charge is 0.405 e. The quantitative estimate of drug-likeness (QED) is 0.337. The van der Waals surface area contributed by atoms with Gasteiger partial charge in [0, 0.05) is 30.4 Å². The number of hydrogen-bond donors (Lipinski definition) is 2. The second kappa shape index (κ2) is 11.1. The van der Waals surface area contributed by atoms with Crippen molar-refractivity contribution in [2.75, 3.05) is 26.7 Å². The van der Waals surface area contributed by atoms with Crippen LogP contribution < -0.4 is 10.1 Å². The number of nitrogens with zero attached hydrogens (tertiary/aromatic N) is 5. The lowest BCUT2D eigenvalue weighted by Gasteiger charge is -2.29. The molecular formula is C30H32N6O3. The van der Waals surface area contributed by atoms with Gasteiger partial charge in [0.2, 0.25) is 0 Å². The minimum Gasteiger partial charge on any atom is -0.465 e. The average Bonchev–Trinajstić information content (AvgIpc) is 3.41. The molecule has 2 aromatic heterocycles. The first-order valence-corrected chi connectivity index (χ1v) is 13.1. The summed E-state index contributed by atoms with van der Waals surface area (Å²) in [5, 5.41) is 21.2. The number of carbonyl (C=O) groups is 1. The fraction of sp³-hybridized carbons (Fsp3) is 0.333.